The Kier molecular flexibility index (Phi) is 5.02. The molecular formula is C17H18F3N. The Bertz CT molecular complexity index is 585. The van der Waals surface area contributed by atoms with Crippen LogP contribution in [0.1, 0.15) is 42.5 Å². The average Bonchev–Trinajstić information content (AvgIpc) is 2.50. The molecule has 0 amide bonds. The molecule has 0 aromatic heterocycles. The molecule has 1 nitrogen and oxygen atoms in total. The van der Waals surface area contributed by atoms with Gasteiger partial charge in [0, 0.05) is 0 Å². The quantitative estimate of drug-likeness (QED) is 0.807. The standard InChI is InChI=1S/C17H18F3N/c1-2-3-4-11-5-7-12(8-6-11)17(21)13-9-14(18)16(20)15(19)10-13/h5-10,17H,2-4,21H2,1H3. The van der Waals surface area contributed by atoms with E-state index in [0.29, 0.717) is 0 Å². The largest absolute Gasteiger partial charge is 0.320 e. The van der Waals surface area contributed by atoms with Crippen LogP contribution < -0.4 is 5.73 Å². The molecule has 0 spiro atoms. The van der Waals surface area contributed by atoms with E-state index in [1.54, 1.807) is 0 Å². The van der Waals surface area contributed by atoms with Crippen LogP contribution >= 0.6 is 0 Å². The van der Waals surface area contributed by atoms with Crippen LogP contribution in [0.3, 0.4) is 0 Å². The molecule has 4 heteroatoms. The van der Waals surface area contributed by atoms with Crippen LogP contribution in [0.2, 0.25) is 0 Å². The number of hydrogen-bond acceptors (Lipinski definition) is 1. The van der Waals surface area contributed by atoms with Gasteiger partial charge in [0.2, 0.25) is 0 Å². The number of benzene rings is 2. The maximum Gasteiger partial charge on any atom is 0.194 e. The highest BCUT2D eigenvalue weighted by Gasteiger charge is 2.16. The first kappa shape index (κ1) is 15.6. The Labute approximate surface area is 122 Å². The third kappa shape index (κ3) is 3.64. The molecule has 0 aliphatic rings. The highest BCUT2D eigenvalue weighted by atomic mass is 19.2. The lowest BCUT2D eigenvalue weighted by Crippen LogP contribution is -2.13. The topological polar surface area (TPSA) is 26.0 Å². The van der Waals surface area contributed by atoms with Crippen LogP contribution in [0.15, 0.2) is 36.4 Å². The molecule has 21 heavy (non-hydrogen) atoms. The monoisotopic (exact) mass is 293 g/mol. The fraction of sp³-hybridized carbons (Fsp3) is 0.294. The number of aryl methyl sites for hydroxylation is 1. The van der Waals surface area contributed by atoms with Crippen molar-refractivity contribution in [1.29, 1.82) is 0 Å². The summed E-state index contributed by atoms with van der Waals surface area (Å²) in [6.07, 6.45) is 3.22. The van der Waals surface area contributed by atoms with Crippen LogP contribution in [0, 0.1) is 17.5 Å². The maximum absolute atomic E-state index is 13.2. The summed E-state index contributed by atoms with van der Waals surface area (Å²) in [6, 6.07) is 8.79. The van der Waals surface area contributed by atoms with Gasteiger partial charge < -0.3 is 5.73 Å². The Morgan fingerprint density at radius 3 is 2.05 bits per heavy atom. The first-order valence-corrected chi connectivity index (χ1v) is 7.01. The van der Waals surface area contributed by atoms with Crippen molar-refractivity contribution in [3.05, 3.63) is 70.5 Å². The summed E-state index contributed by atoms with van der Waals surface area (Å²) < 4.78 is 39.5. The molecular weight excluding hydrogens is 275 g/mol. The van der Waals surface area contributed by atoms with Gasteiger partial charge in [0.1, 0.15) is 0 Å². The number of hydrogen-bond donors (Lipinski definition) is 1. The third-order valence-corrected chi connectivity index (χ3v) is 3.52. The van der Waals surface area contributed by atoms with E-state index in [2.05, 4.69) is 6.92 Å². The fourth-order valence-corrected chi connectivity index (χ4v) is 2.22. The summed E-state index contributed by atoms with van der Waals surface area (Å²) in [5.74, 6) is -3.92. The molecule has 1 unspecified atom stereocenters. The van der Waals surface area contributed by atoms with Crippen molar-refractivity contribution in [1.82, 2.24) is 0 Å². The van der Waals surface area contributed by atoms with Crippen molar-refractivity contribution in [3.8, 4) is 0 Å². The van der Waals surface area contributed by atoms with Gasteiger partial charge in [0.25, 0.3) is 0 Å². The molecule has 2 rings (SSSR count). The summed E-state index contributed by atoms with van der Waals surface area (Å²) in [6.45, 7) is 2.13. The number of halogens is 3. The van der Waals surface area contributed by atoms with Gasteiger partial charge in [-0.1, -0.05) is 37.6 Å². The molecule has 2 aromatic carbocycles. The number of unbranched alkanes of at least 4 members (excludes halogenated alkanes) is 1. The molecule has 1 atom stereocenters. The lowest BCUT2D eigenvalue weighted by atomic mass is 9.97. The molecule has 0 aliphatic carbocycles. The lowest BCUT2D eigenvalue weighted by Gasteiger charge is -2.14. The van der Waals surface area contributed by atoms with Crippen molar-refractivity contribution < 1.29 is 13.2 Å². The van der Waals surface area contributed by atoms with Crippen LogP contribution in [0.25, 0.3) is 0 Å². The fourth-order valence-electron chi connectivity index (χ4n) is 2.22. The van der Waals surface area contributed by atoms with Crippen LogP contribution in [-0.2, 0) is 6.42 Å². The predicted octanol–water partition coefficient (Wildman–Crippen LogP) is 4.49. The van der Waals surface area contributed by atoms with Crippen molar-refractivity contribution in [2.24, 2.45) is 5.73 Å². The molecule has 0 heterocycles. The molecule has 0 radical (unpaired) electrons. The summed E-state index contributed by atoms with van der Waals surface area (Å²) >= 11 is 0. The van der Waals surface area contributed by atoms with E-state index >= 15 is 0 Å². The van der Waals surface area contributed by atoms with Crippen LogP contribution in [-0.4, -0.2) is 0 Å². The molecule has 0 bridgehead atoms. The van der Waals surface area contributed by atoms with E-state index in [9.17, 15) is 13.2 Å². The minimum atomic E-state index is -1.47. The van der Waals surface area contributed by atoms with Crippen LogP contribution in [0.4, 0.5) is 13.2 Å². The molecule has 2 aromatic rings. The van der Waals surface area contributed by atoms with Crippen molar-refractivity contribution in [3.63, 3.8) is 0 Å². The summed E-state index contributed by atoms with van der Waals surface area (Å²) in [5.41, 5.74) is 8.15. The molecule has 0 aliphatic heterocycles. The van der Waals surface area contributed by atoms with Gasteiger partial charge in [-0.15, -0.1) is 0 Å². The van der Waals surface area contributed by atoms with E-state index in [1.807, 2.05) is 24.3 Å². The lowest BCUT2D eigenvalue weighted by molar-refractivity contribution is 0.444. The van der Waals surface area contributed by atoms with E-state index in [1.165, 1.54) is 5.56 Å². The van der Waals surface area contributed by atoms with E-state index in [-0.39, 0.29) is 5.56 Å². The third-order valence-electron chi connectivity index (χ3n) is 3.52. The van der Waals surface area contributed by atoms with Gasteiger partial charge in [-0.25, -0.2) is 13.2 Å². The van der Waals surface area contributed by atoms with Crippen LogP contribution in [0.5, 0.6) is 0 Å². The van der Waals surface area contributed by atoms with Gasteiger partial charge in [0.05, 0.1) is 6.04 Å². The second-order valence-electron chi connectivity index (χ2n) is 5.12. The first-order chi connectivity index (χ1) is 10.0. The zero-order valence-corrected chi connectivity index (χ0v) is 11.9. The minimum Gasteiger partial charge on any atom is -0.320 e. The number of rotatable bonds is 5. The smallest absolute Gasteiger partial charge is 0.194 e. The molecule has 0 fully saturated rings. The molecule has 112 valence electrons. The van der Waals surface area contributed by atoms with E-state index < -0.39 is 23.5 Å². The van der Waals surface area contributed by atoms with Gasteiger partial charge in [0.15, 0.2) is 17.5 Å². The zero-order chi connectivity index (χ0) is 15.4. The second kappa shape index (κ2) is 6.76. The van der Waals surface area contributed by atoms with E-state index in [0.717, 1.165) is 37.0 Å². The van der Waals surface area contributed by atoms with Crippen molar-refractivity contribution >= 4 is 0 Å². The maximum atomic E-state index is 13.2. The Morgan fingerprint density at radius 2 is 1.52 bits per heavy atom. The number of nitrogens with two attached hydrogens (primary N) is 1. The predicted molar refractivity (Wildman–Crippen MR) is 77.4 cm³/mol. The molecule has 0 saturated heterocycles. The highest BCUT2D eigenvalue weighted by molar-refractivity contribution is 5.34. The summed E-state index contributed by atoms with van der Waals surface area (Å²) in [5, 5.41) is 0. The molecule has 2 N–H and O–H groups in total. The summed E-state index contributed by atoms with van der Waals surface area (Å²) in [7, 11) is 0. The first-order valence-electron chi connectivity index (χ1n) is 7.01. The Balaban J connectivity index is 2.21. The Hall–Kier alpha value is -1.81. The highest BCUT2D eigenvalue weighted by Crippen LogP contribution is 2.23. The Morgan fingerprint density at radius 1 is 0.952 bits per heavy atom. The van der Waals surface area contributed by atoms with Gasteiger partial charge in [-0.2, -0.15) is 0 Å². The van der Waals surface area contributed by atoms with Gasteiger partial charge in [-0.3, -0.25) is 0 Å². The zero-order valence-electron chi connectivity index (χ0n) is 11.9. The second-order valence-corrected chi connectivity index (χ2v) is 5.12. The van der Waals surface area contributed by atoms with Crippen molar-refractivity contribution in [2.75, 3.05) is 0 Å². The summed E-state index contributed by atoms with van der Waals surface area (Å²) in [4.78, 5) is 0. The van der Waals surface area contributed by atoms with Gasteiger partial charge in [-0.05, 0) is 41.7 Å². The van der Waals surface area contributed by atoms with Crippen molar-refractivity contribution in [2.45, 2.75) is 32.2 Å². The average molecular weight is 293 g/mol. The van der Waals surface area contributed by atoms with E-state index in [4.69, 9.17) is 5.73 Å². The SMILES string of the molecule is CCCCc1ccc(C(N)c2cc(F)c(F)c(F)c2)cc1. The normalized spacial score (nSPS) is 12.4. The van der Waals surface area contributed by atoms with Gasteiger partial charge >= 0.3 is 0 Å². The minimum absolute atomic E-state index is 0.215. The molecule has 0 saturated carbocycles.